The fourth-order valence-corrected chi connectivity index (χ4v) is 2.08. The number of ether oxygens (including phenoxy) is 1. The molecule has 94 valence electrons. The van der Waals surface area contributed by atoms with Gasteiger partial charge in [0.05, 0.1) is 13.2 Å². The molecule has 0 aliphatic carbocycles. The third kappa shape index (κ3) is 4.02. The molecule has 2 rings (SSSR count). The normalized spacial score (nSPS) is 17.0. The first-order chi connectivity index (χ1) is 8.38. The van der Waals surface area contributed by atoms with Crippen LogP contribution in [0.15, 0.2) is 24.3 Å². The van der Waals surface area contributed by atoms with Gasteiger partial charge < -0.3 is 10.1 Å². The molecule has 1 aliphatic rings. The fourth-order valence-electron chi connectivity index (χ4n) is 2.08. The summed E-state index contributed by atoms with van der Waals surface area (Å²) in [5.41, 5.74) is 2.62. The SMILES string of the molecule is CCc1cccc(NCCN2CCOCC2)c1. The quantitative estimate of drug-likeness (QED) is 0.843. The predicted molar refractivity (Wildman–Crippen MR) is 71.6 cm³/mol. The van der Waals surface area contributed by atoms with Gasteiger partial charge in [-0.1, -0.05) is 19.1 Å². The van der Waals surface area contributed by atoms with Gasteiger partial charge in [-0.05, 0) is 24.1 Å². The van der Waals surface area contributed by atoms with Crippen LogP contribution in [-0.4, -0.2) is 44.3 Å². The smallest absolute Gasteiger partial charge is 0.0594 e. The van der Waals surface area contributed by atoms with Gasteiger partial charge in [-0.25, -0.2) is 0 Å². The highest BCUT2D eigenvalue weighted by Gasteiger charge is 2.08. The second-order valence-electron chi connectivity index (χ2n) is 4.43. The van der Waals surface area contributed by atoms with Gasteiger partial charge >= 0.3 is 0 Å². The minimum atomic E-state index is 0.880. The van der Waals surface area contributed by atoms with Crippen molar-refractivity contribution < 1.29 is 4.74 Å². The second-order valence-corrected chi connectivity index (χ2v) is 4.43. The van der Waals surface area contributed by atoms with Crippen molar-refractivity contribution in [1.82, 2.24) is 4.90 Å². The number of rotatable bonds is 5. The predicted octanol–water partition coefficient (Wildman–Crippen LogP) is 1.99. The minimum Gasteiger partial charge on any atom is -0.384 e. The Labute approximate surface area is 104 Å². The lowest BCUT2D eigenvalue weighted by Gasteiger charge is -2.26. The van der Waals surface area contributed by atoms with Gasteiger partial charge in [0.1, 0.15) is 0 Å². The van der Waals surface area contributed by atoms with Gasteiger partial charge in [0.25, 0.3) is 0 Å². The molecule has 0 unspecified atom stereocenters. The molecule has 0 spiro atoms. The van der Waals surface area contributed by atoms with Gasteiger partial charge in [-0.2, -0.15) is 0 Å². The van der Waals surface area contributed by atoms with E-state index in [9.17, 15) is 0 Å². The van der Waals surface area contributed by atoms with E-state index >= 15 is 0 Å². The third-order valence-electron chi connectivity index (χ3n) is 3.20. The molecule has 1 fully saturated rings. The number of nitrogens with zero attached hydrogens (tertiary/aromatic N) is 1. The maximum absolute atomic E-state index is 5.33. The monoisotopic (exact) mass is 234 g/mol. The largest absolute Gasteiger partial charge is 0.384 e. The van der Waals surface area contributed by atoms with E-state index in [1.807, 2.05) is 0 Å². The number of aryl methyl sites for hydroxylation is 1. The maximum Gasteiger partial charge on any atom is 0.0594 e. The molecule has 0 saturated carbocycles. The Hall–Kier alpha value is -1.06. The van der Waals surface area contributed by atoms with Gasteiger partial charge in [-0.3, -0.25) is 4.90 Å². The Bertz CT molecular complexity index is 335. The molecular formula is C14H22N2O. The van der Waals surface area contributed by atoms with E-state index in [0.29, 0.717) is 0 Å². The number of morpholine rings is 1. The van der Waals surface area contributed by atoms with E-state index in [0.717, 1.165) is 45.8 Å². The summed E-state index contributed by atoms with van der Waals surface area (Å²) < 4.78 is 5.33. The van der Waals surface area contributed by atoms with Crippen LogP contribution in [0.4, 0.5) is 5.69 Å². The van der Waals surface area contributed by atoms with Gasteiger partial charge in [0, 0.05) is 31.9 Å². The van der Waals surface area contributed by atoms with Crippen molar-refractivity contribution in [2.75, 3.05) is 44.7 Å². The molecule has 3 nitrogen and oxygen atoms in total. The zero-order valence-corrected chi connectivity index (χ0v) is 10.6. The highest BCUT2D eigenvalue weighted by atomic mass is 16.5. The number of hydrogen-bond donors (Lipinski definition) is 1. The van der Waals surface area contributed by atoms with Gasteiger partial charge in [-0.15, -0.1) is 0 Å². The Kier molecular flexibility index (Phi) is 4.83. The molecule has 1 aliphatic heterocycles. The Morgan fingerprint density at radius 2 is 2.12 bits per heavy atom. The average Bonchev–Trinajstić information content (AvgIpc) is 2.40. The first-order valence-electron chi connectivity index (χ1n) is 6.51. The van der Waals surface area contributed by atoms with Crippen LogP contribution < -0.4 is 5.32 Å². The molecule has 17 heavy (non-hydrogen) atoms. The van der Waals surface area contributed by atoms with E-state index < -0.39 is 0 Å². The van der Waals surface area contributed by atoms with Crippen molar-refractivity contribution in [2.24, 2.45) is 0 Å². The molecule has 0 aromatic heterocycles. The molecule has 0 amide bonds. The summed E-state index contributed by atoms with van der Waals surface area (Å²) in [5, 5.41) is 3.48. The average molecular weight is 234 g/mol. The van der Waals surface area contributed by atoms with Crippen LogP contribution in [0.25, 0.3) is 0 Å². The summed E-state index contributed by atoms with van der Waals surface area (Å²) in [7, 11) is 0. The van der Waals surface area contributed by atoms with Crippen molar-refractivity contribution in [3.8, 4) is 0 Å². The summed E-state index contributed by atoms with van der Waals surface area (Å²) in [4.78, 5) is 2.44. The zero-order valence-electron chi connectivity index (χ0n) is 10.6. The first kappa shape index (κ1) is 12.4. The van der Waals surface area contributed by atoms with Crippen LogP contribution in [-0.2, 0) is 11.2 Å². The highest BCUT2D eigenvalue weighted by molar-refractivity contribution is 5.45. The Balaban J connectivity index is 1.73. The summed E-state index contributed by atoms with van der Waals surface area (Å²) >= 11 is 0. The van der Waals surface area contributed by atoms with Crippen molar-refractivity contribution in [3.05, 3.63) is 29.8 Å². The van der Waals surface area contributed by atoms with E-state index in [1.54, 1.807) is 0 Å². The molecule has 1 aromatic rings. The maximum atomic E-state index is 5.33. The van der Waals surface area contributed by atoms with Crippen molar-refractivity contribution in [3.63, 3.8) is 0 Å². The van der Waals surface area contributed by atoms with E-state index in [4.69, 9.17) is 4.74 Å². The van der Waals surface area contributed by atoms with Crippen LogP contribution in [0.1, 0.15) is 12.5 Å². The molecule has 1 N–H and O–H groups in total. The van der Waals surface area contributed by atoms with Crippen LogP contribution >= 0.6 is 0 Å². The van der Waals surface area contributed by atoms with Crippen LogP contribution in [0.3, 0.4) is 0 Å². The highest BCUT2D eigenvalue weighted by Crippen LogP contribution is 2.10. The van der Waals surface area contributed by atoms with Crippen molar-refractivity contribution >= 4 is 5.69 Å². The van der Waals surface area contributed by atoms with Crippen molar-refractivity contribution in [1.29, 1.82) is 0 Å². The molecule has 0 radical (unpaired) electrons. The number of hydrogen-bond acceptors (Lipinski definition) is 3. The number of anilines is 1. The molecule has 0 bridgehead atoms. The number of benzene rings is 1. The van der Waals surface area contributed by atoms with E-state index in [1.165, 1.54) is 11.3 Å². The second kappa shape index (κ2) is 6.62. The van der Waals surface area contributed by atoms with Crippen LogP contribution in [0, 0.1) is 0 Å². The third-order valence-corrected chi connectivity index (χ3v) is 3.20. The van der Waals surface area contributed by atoms with Crippen LogP contribution in [0.2, 0.25) is 0 Å². The standard InChI is InChI=1S/C14H22N2O/c1-2-13-4-3-5-14(12-13)15-6-7-16-8-10-17-11-9-16/h3-5,12,15H,2,6-11H2,1H3. The molecule has 1 saturated heterocycles. The van der Waals surface area contributed by atoms with E-state index in [-0.39, 0.29) is 0 Å². The molecular weight excluding hydrogens is 212 g/mol. The molecule has 1 aromatic carbocycles. The topological polar surface area (TPSA) is 24.5 Å². The number of nitrogens with one attached hydrogen (secondary N) is 1. The lowest BCUT2D eigenvalue weighted by atomic mass is 10.1. The molecule has 1 heterocycles. The Morgan fingerprint density at radius 1 is 1.29 bits per heavy atom. The minimum absolute atomic E-state index is 0.880. The molecule has 0 atom stereocenters. The first-order valence-corrected chi connectivity index (χ1v) is 6.51. The lowest BCUT2D eigenvalue weighted by Crippen LogP contribution is -2.39. The van der Waals surface area contributed by atoms with Gasteiger partial charge in [0.2, 0.25) is 0 Å². The molecule has 3 heteroatoms. The van der Waals surface area contributed by atoms with Gasteiger partial charge in [0.15, 0.2) is 0 Å². The van der Waals surface area contributed by atoms with E-state index in [2.05, 4.69) is 41.4 Å². The zero-order chi connectivity index (χ0) is 11.9. The van der Waals surface area contributed by atoms with Crippen molar-refractivity contribution in [2.45, 2.75) is 13.3 Å². The fraction of sp³-hybridized carbons (Fsp3) is 0.571. The Morgan fingerprint density at radius 3 is 2.88 bits per heavy atom. The summed E-state index contributed by atoms with van der Waals surface area (Å²) in [6.07, 6.45) is 1.10. The van der Waals surface area contributed by atoms with Crippen LogP contribution in [0.5, 0.6) is 0 Å². The summed E-state index contributed by atoms with van der Waals surface area (Å²) in [5.74, 6) is 0. The lowest BCUT2D eigenvalue weighted by molar-refractivity contribution is 0.0398. The summed E-state index contributed by atoms with van der Waals surface area (Å²) in [6.45, 7) is 8.18. The summed E-state index contributed by atoms with van der Waals surface area (Å²) in [6, 6.07) is 8.67.